The first-order valence-electron chi connectivity index (χ1n) is 4.46. The predicted molar refractivity (Wildman–Crippen MR) is 51.9 cm³/mol. The number of halogens is 4. The van der Waals surface area contributed by atoms with Crippen LogP contribution in [0.25, 0.3) is 0 Å². The number of hydrogen-bond donors (Lipinski definition) is 1. The Kier molecular flexibility index (Phi) is 4.58. The summed E-state index contributed by atoms with van der Waals surface area (Å²) in [7, 11) is 0. The van der Waals surface area contributed by atoms with Crippen LogP contribution in [-0.2, 0) is 6.18 Å². The Hall–Kier alpha value is -1.26. The second-order valence-corrected chi connectivity index (χ2v) is 2.66. The van der Waals surface area contributed by atoms with Crippen molar-refractivity contribution in [3.05, 3.63) is 29.1 Å². The van der Waals surface area contributed by atoms with Gasteiger partial charge in [0.15, 0.2) is 5.82 Å². The lowest BCUT2D eigenvalue weighted by atomic mass is 10.1. The van der Waals surface area contributed by atoms with E-state index in [-0.39, 0.29) is 0 Å². The van der Waals surface area contributed by atoms with Gasteiger partial charge in [-0.3, -0.25) is 0 Å². The Morgan fingerprint density at radius 1 is 1.13 bits per heavy atom. The Morgan fingerprint density at radius 3 is 2.00 bits per heavy atom. The van der Waals surface area contributed by atoms with Crippen molar-refractivity contribution in [2.45, 2.75) is 26.9 Å². The Bertz CT molecular complexity index is 331. The van der Waals surface area contributed by atoms with Gasteiger partial charge in [-0.2, -0.15) is 13.2 Å². The summed E-state index contributed by atoms with van der Waals surface area (Å²) in [5.41, 5.74) is 3.63. The lowest BCUT2D eigenvalue weighted by Crippen LogP contribution is -2.10. The van der Waals surface area contributed by atoms with Crippen molar-refractivity contribution >= 4 is 5.69 Å². The molecule has 0 atom stereocenters. The van der Waals surface area contributed by atoms with Crippen molar-refractivity contribution in [1.29, 1.82) is 0 Å². The molecule has 0 fully saturated rings. The standard InChI is InChI=1S/C8H7F4N.C2H6/c1-4-2-3-5(8(10,11)12)6(9)7(4)13;1-2/h2-3H,13H2,1H3;1-2H3. The zero-order chi connectivity index (χ0) is 12.2. The molecule has 0 heterocycles. The van der Waals surface area contributed by atoms with E-state index in [0.717, 1.165) is 6.07 Å². The molecule has 0 saturated heterocycles. The number of alkyl halides is 3. The van der Waals surface area contributed by atoms with Gasteiger partial charge in [-0.1, -0.05) is 19.9 Å². The first-order chi connectivity index (χ1) is 6.84. The first-order valence-corrected chi connectivity index (χ1v) is 4.46. The summed E-state index contributed by atoms with van der Waals surface area (Å²) in [6.07, 6.45) is -4.69. The predicted octanol–water partition coefficient (Wildman–Crippen LogP) is 3.76. The van der Waals surface area contributed by atoms with E-state index in [1.807, 2.05) is 13.8 Å². The average molecular weight is 223 g/mol. The number of aryl methyl sites for hydroxylation is 1. The van der Waals surface area contributed by atoms with Crippen LogP contribution in [0.4, 0.5) is 23.2 Å². The van der Waals surface area contributed by atoms with E-state index in [4.69, 9.17) is 5.73 Å². The van der Waals surface area contributed by atoms with Gasteiger partial charge in [-0.05, 0) is 18.6 Å². The molecule has 15 heavy (non-hydrogen) atoms. The van der Waals surface area contributed by atoms with Crippen LogP contribution in [0, 0.1) is 12.7 Å². The zero-order valence-corrected chi connectivity index (χ0v) is 8.74. The highest BCUT2D eigenvalue weighted by atomic mass is 19.4. The number of hydrogen-bond acceptors (Lipinski definition) is 1. The molecule has 0 aliphatic carbocycles. The molecule has 0 bridgehead atoms. The third kappa shape index (κ3) is 3.11. The van der Waals surface area contributed by atoms with E-state index < -0.39 is 23.2 Å². The Balaban J connectivity index is 0.000000921. The van der Waals surface area contributed by atoms with Gasteiger partial charge in [-0.25, -0.2) is 4.39 Å². The molecule has 0 unspecified atom stereocenters. The summed E-state index contributed by atoms with van der Waals surface area (Å²) >= 11 is 0. The van der Waals surface area contributed by atoms with Crippen LogP contribution in [0.1, 0.15) is 25.0 Å². The topological polar surface area (TPSA) is 26.0 Å². The molecule has 0 saturated carbocycles. The van der Waals surface area contributed by atoms with Crippen LogP contribution >= 0.6 is 0 Å². The van der Waals surface area contributed by atoms with Crippen LogP contribution in [0.2, 0.25) is 0 Å². The van der Waals surface area contributed by atoms with E-state index in [0.29, 0.717) is 11.6 Å². The van der Waals surface area contributed by atoms with E-state index in [9.17, 15) is 17.6 Å². The van der Waals surface area contributed by atoms with E-state index in [2.05, 4.69) is 0 Å². The number of anilines is 1. The number of nitrogens with two attached hydrogens (primary N) is 1. The molecule has 0 aliphatic heterocycles. The van der Waals surface area contributed by atoms with Gasteiger partial charge < -0.3 is 5.73 Å². The van der Waals surface area contributed by atoms with Gasteiger partial charge in [0.1, 0.15) is 0 Å². The maximum atomic E-state index is 12.9. The van der Waals surface area contributed by atoms with E-state index in [1.165, 1.54) is 6.92 Å². The quantitative estimate of drug-likeness (QED) is 0.526. The SMILES string of the molecule is CC.Cc1ccc(C(F)(F)F)c(F)c1N. The van der Waals surface area contributed by atoms with Crippen LogP contribution in [-0.4, -0.2) is 0 Å². The van der Waals surface area contributed by atoms with Gasteiger partial charge >= 0.3 is 6.18 Å². The molecular formula is C10H13F4N. The van der Waals surface area contributed by atoms with Crippen molar-refractivity contribution in [2.75, 3.05) is 5.73 Å². The fourth-order valence-electron chi connectivity index (χ4n) is 0.908. The van der Waals surface area contributed by atoms with Gasteiger partial charge in [-0.15, -0.1) is 0 Å². The van der Waals surface area contributed by atoms with Crippen molar-refractivity contribution < 1.29 is 17.6 Å². The number of rotatable bonds is 0. The number of nitrogen functional groups attached to an aromatic ring is 1. The van der Waals surface area contributed by atoms with Crippen molar-refractivity contribution in [2.24, 2.45) is 0 Å². The molecule has 1 aromatic carbocycles. The maximum absolute atomic E-state index is 12.9. The lowest BCUT2D eigenvalue weighted by molar-refractivity contribution is -0.139. The maximum Gasteiger partial charge on any atom is 0.419 e. The van der Waals surface area contributed by atoms with Crippen LogP contribution in [0.15, 0.2) is 12.1 Å². The highest BCUT2D eigenvalue weighted by Crippen LogP contribution is 2.34. The van der Waals surface area contributed by atoms with Crippen molar-refractivity contribution in [3.8, 4) is 0 Å². The largest absolute Gasteiger partial charge is 0.419 e. The third-order valence-corrected chi connectivity index (χ3v) is 1.70. The second-order valence-electron chi connectivity index (χ2n) is 2.66. The van der Waals surface area contributed by atoms with Gasteiger partial charge in [0.2, 0.25) is 0 Å². The molecule has 0 aromatic heterocycles. The molecule has 86 valence electrons. The van der Waals surface area contributed by atoms with Crippen LogP contribution < -0.4 is 5.73 Å². The Labute approximate surface area is 85.9 Å². The summed E-state index contributed by atoms with van der Waals surface area (Å²) < 4.78 is 49.1. The summed E-state index contributed by atoms with van der Waals surface area (Å²) in [6, 6.07) is 1.82. The summed E-state index contributed by atoms with van der Waals surface area (Å²) in [5.74, 6) is -1.40. The lowest BCUT2D eigenvalue weighted by Gasteiger charge is -2.10. The summed E-state index contributed by atoms with van der Waals surface area (Å²) in [5, 5.41) is 0. The molecule has 0 spiro atoms. The molecule has 1 aromatic rings. The molecule has 1 rings (SSSR count). The van der Waals surface area contributed by atoms with Gasteiger partial charge in [0.05, 0.1) is 11.3 Å². The third-order valence-electron chi connectivity index (χ3n) is 1.70. The van der Waals surface area contributed by atoms with Crippen molar-refractivity contribution in [1.82, 2.24) is 0 Å². The van der Waals surface area contributed by atoms with Crippen LogP contribution in [0.5, 0.6) is 0 Å². The Morgan fingerprint density at radius 2 is 1.60 bits per heavy atom. The van der Waals surface area contributed by atoms with Crippen molar-refractivity contribution in [3.63, 3.8) is 0 Å². The van der Waals surface area contributed by atoms with Crippen LogP contribution in [0.3, 0.4) is 0 Å². The molecule has 0 radical (unpaired) electrons. The molecule has 2 N–H and O–H groups in total. The first kappa shape index (κ1) is 13.7. The minimum Gasteiger partial charge on any atom is -0.396 e. The molecule has 5 heteroatoms. The average Bonchev–Trinajstić information content (AvgIpc) is 2.15. The molecule has 0 aliphatic rings. The monoisotopic (exact) mass is 223 g/mol. The highest BCUT2D eigenvalue weighted by Gasteiger charge is 2.34. The minimum absolute atomic E-state index is 0.297. The summed E-state index contributed by atoms with van der Waals surface area (Å²) in [4.78, 5) is 0. The zero-order valence-electron chi connectivity index (χ0n) is 8.74. The summed E-state index contributed by atoms with van der Waals surface area (Å²) in [6.45, 7) is 5.44. The molecular weight excluding hydrogens is 210 g/mol. The fourth-order valence-corrected chi connectivity index (χ4v) is 0.908. The fraction of sp³-hybridized carbons (Fsp3) is 0.400. The van der Waals surface area contributed by atoms with Gasteiger partial charge in [0.25, 0.3) is 0 Å². The number of benzene rings is 1. The molecule has 0 amide bonds. The van der Waals surface area contributed by atoms with E-state index >= 15 is 0 Å². The molecule has 1 nitrogen and oxygen atoms in total. The minimum atomic E-state index is -4.69. The smallest absolute Gasteiger partial charge is 0.396 e. The van der Waals surface area contributed by atoms with Gasteiger partial charge in [0, 0.05) is 0 Å². The second kappa shape index (κ2) is 5.00. The van der Waals surface area contributed by atoms with E-state index in [1.54, 1.807) is 0 Å². The highest BCUT2D eigenvalue weighted by molar-refractivity contribution is 5.50. The normalized spacial score (nSPS) is 10.6.